The average Bonchev–Trinajstić information content (AvgIpc) is 3.38. The SMILES string of the molecule is CN(C)CC1CC2(CCN(C(=O)c3ccc(CN4CCCC4)o3)CC2)C(=O)O1. The Kier molecular flexibility index (Phi) is 5.47. The van der Waals surface area contributed by atoms with Crippen LogP contribution in [0, 0.1) is 5.41 Å². The summed E-state index contributed by atoms with van der Waals surface area (Å²) in [7, 11) is 3.98. The van der Waals surface area contributed by atoms with Crippen molar-refractivity contribution in [1.82, 2.24) is 14.7 Å². The quantitative estimate of drug-likeness (QED) is 0.718. The molecule has 0 aliphatic carbocycles. The Morgan fingerprint density at radius 2 is 1.89 bits per heavy atom. The molecule has 0 radical (unpaired) electrons. The fraction of sp³-hybridized carbons (Fsp3) is 0.714. The lowest BCUT2D eigenvalue weighted by molar-refractivity contribution is -0.150. The molecule has 7 heteroatoms. The zero-order valence-corrected chi connectivity index (χ0v) is 17.0. The molecule has 3 fully saturated rings. The van der Waals surface area contributed by atoms with Gasteiger partial charge in [0.25, 0.3) is 5.91 Å². The molecule has 1 unspecified atom stereocenters. The van der Waals surface area contributed by atoms with Crippen molar-refractivity contribution in [3.63, 3.8) is 0 Å². The number of carbonyl (C=O) groups excluding carboxylic acids is 2. The largest absolute Gasteiger partial charge is 0.461 e. The first-order valence-corrected chi connectivity index (χ1v) is 10.4. The number of cyclic esters (lactones) is 1. The van der Waals surface area contributed by atoms with E-state index in [-0.39, 0.29) is 18.0 Å². The summed E-state index contributed by atoms with van der Waals surface area (Å²) in [6.07, 6.45) is 4.53. The third kappa shape index (κ3) is 3.96. The van der Waals surface area contributed by atoms with E-state index in [0.29, 0.717) is 31.7 Å². The Balaban J connectivity index is 1.33. The molecule has 3 saturated heterocycles. The van der Waals surface area contributed by atoms with Crippen LogP contribution in [0.4, 0.5) is 0 Å². The van der Waals surface area contributed by atoms with Gasteiger partial charge in [-0.3, -0.25) is 14.5 Å². The highest BCUT2D eigenvalue weighted by Gasteiger charge is 2.51. The summed E-state index contributed by atoms with van der Waals surface area (Å²) in [5, 5.41) is 0. The highest BCUT2D eigenvalue weighted by Crippen LogP contribution is 2.43. The van der Waals surface area contributed by atoms with Crippen molar-refractivity contribution in [3.8, 4) is 0 Å². The lowest BCUT2D eigenvalue weighted by Gasteiger charge is -2.36. The molecule has 1 amide bonds. The molecule has 4 heterocycles. The maximum Gasteiger partial charge on any atom is 0.312 e. The molecule has 3 aliphatic rings. The van der Waals surface area contributed by atoms with Gasteiger partial charge in [-0.15, -0.1) is 0 Å². The molecule has 154 valence electrons. The molecular formula is C21H31N3O4. The van der Waals surface area contributed by atoms with Crippen LogP contribution in [0.25, 0.3) is 0 Å². The van der Waals surface area contributed by atoms with Crippen LogP contribution in [0.3, 0.4) is 0 Å². The number of nitrogens with zero attached hydrogens (tertiary/aromatic N) is 3. The van der Waals surface area contributed by atoms with E-state index < -0.39 is 5.41 Å². The van der Waals surface area contributed by atoms with Crippen LogP contribution in [0.15, 0.2) is 16.5 Å². The Morgan fingerprint density at radius 3 is 2.57 bits per heavy atom. The van der Waals surface area contributed by atoms with E-state index in [2.05, 4.69) is 4.90 Å². The van der Waals surface area contributed by atoms with E-state index >= 15 is 0 Å². The summed E-state index contributed by atoms with van der Waals surface area (Å²) in [6.45, 7) is 4.87. The summed E-state index contributed by atoms with van der Waals surface area (Å²) >= 11 is 0. The number of esters is 1. The van der Waals surface area contributed by atoms with Crippen molar-refractivity contribution in [3.05, 3.63) is 23.7 Å². The molecule has 0 aromatic carbocycles. The van der Waals surface area contributed by atoms with Gasteiger partial charge in [0.1, 0.15) is 11.9 Å². The minimum atomic E-state index is -0.415. The first kappa shape index (κ1) is 19.5. The summed E-state index contributed by atoms with van der Waals surface area (Å²) < 4.78 is 11.4. The lowest BCUT2D eigenvalue weighted by Crippen LogP contribution is -2.45. The van der Waals surface area contributed by atoms with E-state index in [4.69, 9.17) is 9.15 Å². The minimum Gasteiger partial charge on any atom is -0.461 e. The zero-order valence-electron chi connectivity index (χ0n) is 17.0. The molecule has 1 atom stereocenters. The van der Waals surface area contributed by atoms with Gasteiger partial charge in [-0.2, -0.15) is 0 Å². The number of carbonyl (C=O) groups is 2. The van der Waals surface area contributed by atoms with Gasteiger partial charge < -0.3 is 19.0 Å². The van der Waals surface area contributed by atoms with E-state index in [9.17, 15) is 9.59 Å². The van der Waals surface area contributed by atoms with Crippen molar-refractivity contribution < 1.29 is 18.7 Å². The van der Waals surface area contributed by atoms with Gasteiger partial charge in [0, 0.05) is 26.1 Å². The third-order valence-corrected chi connectivity index (χ3v) is 6.35. The van der Waals surface area contributed by atoms with Crippen LogP contribution in [0.1, 0.15) is 48.4 Å². The molecule has 1 spiro atoms. The number of amides is 1. The number of likely N-dealkylation sites (N-methyl/N-ethyl adjacent to an activating group) is 1. The van der Waals surface area contributed by atoms with E-state index in [1.165, 1.54) is 12.8 Å². The summed E-state index contributed by atoms with van der Waals surface area (Å²) in [6, 6.07) is 3.70. The average molecular weight is 389 g/mol. The van der Waals surface area contributed by atoms with E-state index in [1.54, 1.807) is 6.07 Å². The van der Waals surface area contributed by atoms with Crippen LogP contribution in [0.5, 0.6) is 0 Å². The second-order valence-corrected chi connectivity index (χ2v) is 8.82. The molecule has 1 aromatic heterocycles. The molecule has 4 rings (SSSR count). The third-order valence-electron chi connectivity index (χ3n) is 6.35. The Hall–Kier alpha value is -1.86. The van der Waals surface area contributed by atoms with E-state index in [0.717, 1.165) is 38.4 Å². The van der Waals surface area contributed by atoms with Gasteiger partial charge >= 0.3 is 5.97 Å². The zero-order chi connectivity index (χ0) is 19.7. The first-order chi connectivity index (χ1) is 13.4. The Labute approximate surface area is 166 Å². The number of furan rings is 1. The van der Waals surface area contributed by atoms with Gasteiger partial charge in [0.05, 0.1) is 12.0 Å². The Morgan fingerprint density at radius 1 is 1.18 bits per heavy atom. The van der Waals surface area contributed by atoms with Crippen molar-refractivity contribution in [1.29, 1.82) is 0 Å². The van der Waals surface area contributed by atoms with E-state index in [1.807, 2.05) is 30.0 Å². The summed E-state index contributed by atoms with van der Waals surface area (Å²) in [5.74, 6) is 1.10. The number of likely N-dealkylation sites (tertiary alicyclic amines) is 2. The molecule has 0 N–H and O–H groups in total. The molecule has 3 aliphatic heterocycles. The van der Waals surface area contributed by atoms with Gasteiger partial charge in [0.2, 0.25) is 0 Å². The number of ether oxygens (including phenoxy) is 1. The number of hydrogen-bond donors (Lipinski definition) is 0. The summed E-state index contributed by atoms with van der Waals surface area (Å²) in [5.41, 5.74) is -0.415. The molecular weight excluding hydrogens is 358 g/mol. The topological polar surface area (TPSA) is 66.2 Å². The maximum atomic E-state index is 12.8. The summed E-state index contributed by atoms with van der Waals surface area (Å²) in [4.78, 5) is 31.5. The normalized spacial score (nSPS) is 25.0. The molecule has 0 saturated carbocycles. The Bertz CT molecular complexity index is 715. The van der Waals surface area contributed by atoms with Crippen LogP contribution in [-0.2, 0) is 16.1 Å². The van der Waals surface area contributed by atoms with Crippen LogP contribution in [-0.4, -0.2) is 79.5 Å². The fourth-order valence-corrected chi connectivity index (χ4v) is 4.79. The molecule has 7 nitrogen and oxygen atoms in total. The fourth-order valence-electron chi connectivity index (χ4n) is 4.79. The van der Waals surface area contributed by atoms with Gasteiger partial charge in [-0.05, 0) is 65.0 Å². The number of hydrogen-bond acceptors (Lipinski definition) is 6. The van der Waals surface area contributed by atoms with Crippen LogP contribution in [0.2, 0.25) is 0 Å². The molecule has 1 aromatic rings. The van der Waals surface area contributed by atoms with Crippen molar-refractivity contribution in [2.24, 2.45) is 5.41 Å². The number of rotatable bonds is 5. The molecule has 28 heavy (non-hydrogen) atoms. The smallest absolute Gasteiger partial charge is 0.312 e. The number of piperidine rings is 1. The standard InChI is InChI=1S/C21H31N3O4/c1-22(2)14-17-13-21(20(26)28-17)7-11-24(12-8-21)19(25)18-6-5-16(27-18)15-23-9-3-4-10-23/h5-6,17H,3-4,7-15H2,1-2H3. The highest BCUT2D eigenvalue weighted by molar-refractivity contribution is 5.92. The molecule has 0 bridgehead atoms. The van der Waals surface area contributed by atoms with Gasteiger partial charge in [0.15, 0.2) is 5.76 Å². The van der Waals surface area contributed by atoms with Crippen molar-refractivity contribution in [2.45, 2.75) is 44.8 Å². The minimum absolute atomic E-state index is 0.0389. The highest BCUT2D eigenvalue weighted by atomic mass is 16.6. The van der Waals surface area contributed by atoms with Crippen LogP contribution < -0.4 is 0 Å². The first-order valence-electron chi connectivity index (χ1n) is 10.4. The predicted molar refractivity (Wildman–Crippen MR) is 104 cm³/mol. The lowest BCUT2D eigenvalue weighted by atomic mass is 9.76. The monoisotopic (exact) mass is 389 g/mol. The van der Waals surface area contributed by atoms with Crippen molar-refractivity contribution >= 4 is 11.9 Å². The van der Waals surface area contributed by atoms with Crippen LogP contribution >= 0.6 is 0 Å². The predicted octanol–water partition coefficient (Wildman–Crippen LogP) is 1.97. The van der Waals surface area contributed by atoms with Crippen molar-refractivity contribution in [2.75, 3.05) is 46.8 Å². The van der Waals surface area contributed by atoms with Gasteiger partial charge in [-0.25, -0.2) is 0 Å². The maximum absolute atomic E-state index is 12.8. The second kappa shape index (κ2) is 7.87. The van der Waals surface area contributed by atoms with Gasteiger partial charge in [-0.1, -0.05) is 0 Å². The second-order valence-electron chi connectivity index (χ2n) is 8.82.